The minimum atomic E-state index is -0.718. The number of amides is 2. The number of benzene rings is 1. The Balaban J connectivity index is 1.58. The molecule has 3 rings (SSSR count). The first-order chi connectivity index (χ1) is 11.9. The summed E-state index contributed by atoms with van der Waals surface area (Å²) in [6, 6.07) is 8.33. The van der Waals surface area contributed by atoms with Gasteiger partial charge in [0.2, 0.25) is 0 Å². The normalized spacial score (nSPS) is 27.8. The van der Waals surface area contributed by atoms with Crippen molar-refractivity contribution in [2.75, 3.05) is 0 Å². The van der Waals surface area contributed by atoms with E-state index in [1.54, 1.807) is 0 Å². The molecule has 0 saturated heterocycles. The number of hydrogen-bond donors (Lipinski definition) is 3. The summed E-state index contributed by atoms with van der Waals surface area (Å²) in [6.07, 6.45) is 4.72. The van der Waals surface area contributed by atoms with Crippen LogP contribution in [0.5, 0.6) is 0 Å². The van der Waals surface area contributed by atoms with Crippen molar-refractivity contribution in [3.05, 3.63) is 35.4 Å². The fraction of sp³-hybridized carbons (Fsp3) is 0.600. The molecule has 3 N–H and O–H groups in total. The van der Waals surface area contributed by atoms with Crippen molar-refractivity contribution < 1.29 is 14.7 Å². The number of urea groups is 1. The number of carboxylic acids is 1. The highest BCUT2D eigenvalue weighted by Crippen LogP contribution is 2.41. The lowest BCUT2D eigenvalue weighted by molar-refractivity contribution is -0.142. The van der Waals surface area contributed by atoms with Crippen LogP contribution in [0.1, 0.15) is 69.5 Å². The monoisotopic (exact) mass is 344 g/mol. The summed E-state index contributed by atoms with van der Waals surface area (Å²) < 4.78 is 0. The fourth-order valence-electron chi connectivity index (χ4n) is 4.23. The van der Waals surface area contributed by atoms with Crippen molar-refractivity contribution in [3.8, 4) is 0 Å². The van der Waals surface area contributed by atoms with Crippen molar-refractivity contribution in [1.82, 2.24) is 10.6 Å². The largest absolute Gasteiger partial charge is 0.481 e. The molecule has 1 fully saturated rings. The maximum atomic E-state index is 12.4. The maximum absolute atomic E-state index is 12.4. The quantitative estimate of drug-likeness (QED) is 0.781. The molecule has 0 bridgehead atoms. The van der Waals surface area contributed by atoms with E-state index >= 15 is 0 Å². The van der Waals surface area contributed by atoms with Crippen LogP contribution in [0.25, 0.3) is 0 Å². The van der Waals surface area contributed by atoms with Gasteiger partial charge in [-0.25, -0.2) is 4.79 Å². The van der Waals surface area contributed by atoms with E-state index in [2.05, 4.69) is 42.7 Å². The van der Waals surface area contributed by atoms with Gasteiger partial charge in [-0.1, -0.05) is 38.1 Å². The van der Waals surface area contributed by atoms with Crippen LogP contribution in [-0.4, -0.2) is 23.1 Å². The molecule has 5 heteroatoms. The first-order valence-corrected chi connectivity index (χ1v) is 9.26. The first kappa shape index (κ1) is 17.8. The van der Waals surface area contributed by atoms with E-state index in [1.807, 2.05) is 6.07 Å². The van der Waals surface area contributed by atoms with Gasteiger partial charge in [-0.15, -0.1) is 0 Å². The van der Waals surface area contributed by atoms with E-state index in [0.29, 0.717) is 12.8 Å². The first-order valence-electron chi connectivity index (χ1n) is 9.26. The predicted octanol–water partition coefficient (Wildman–Crippen LogP) is 3.74. The smallest absolute Gasteiger partial charge is 0.315 e. The Morgan fingerprint density at radius 2 is 1.72 bits per heavy atom. The maximum Gasteiger partial charge on any atom is 0.315 e. The number of fused-ring (bicyclic) bond motifs is 1. The van der Waals surface area contributed by atoms with Crippen LogP contribution in [0.3, 0.4) is 0 Å². The summed E-state index contributed by atoms with van der Waals surface area (Å²) in [7, 11) is 0. The van der Waals surface area contributed by atoms with E-state index < -0.39 is 5.97 Å². The van der Waals surface area contributed by atoms with Crippen molar-refractivity contribution in [1.29, 1.82) is 0 Å². The zero-order chi connectivity index (χ0) is 18.0. The molecular formula is C20H28N2O3. The SMILES string of the molecule is CC1(C)CCC(NC(=O)NC2CCC(C(=O)O)CC2)c2ccccc21. The van der Waals surface area contributed by atoms with Gasteiger partial charge in [0.15, 0.2) is 0 Å². The van der Waals surface area contributed by atoms with E-state index in [-0.39, 0.29) is 29.4 Å². The Morgan fingerprint density at radius 1 is 1.04 bits per heavy atom. The second-order valence-electron chi connectivity index (χ2n) is 8.07. The molecule has 2 aliphatic rings. The molecule has 0 aliphatic heterocycles. The minimum Gasteiger partial charge on any atom is -0.481 e. The third kappa shape index (κ3) is 3.97. The second-order valence-corrected chi connectivity index (χ2v) is 8.07. The van der Waals surface area contributed by atoms with Crippen LogP contribution in [0.2, 0.25) is 0 Å². The molecule has 2 aliphatic carbocycles. The van der Waals surface area contributed by atoms with Crippen LogP contribution in [0.4, 0.5) is 4.79 Å². The van der Waals surface area contributed by atoms with Gasteiger partial charge in [0.1, 0.15) is 0 Å². The highest BCUT2D eigenvalue weighted by molar-refractivity contribution is 5.75. The lowest BCUT2D eigenvalue weighted by atomic mass is 9.71. The molecule has 1 saturated carbocycles. The molecule has 0 aromatic heterocycles. The molecule has 1 unspecified atom stereocenters. The molecule has 136 valence electrons. The van der Waals surface area contributed by atoms with Gasteiger partial charge < -0.3 is 15.7 Å². The van der Waals surface area contributed by atoms with Crippen LogP contribution < -0.4 is 10.6 Å². The fourth-order valence-corrected chi connectivity index (χ4v) is 4.23. The number of aliphatic carboxylic acids is 1. The number of carbonyl (C=O) groups is 2. The molecule has 0 spiro atoms. The average Bonchev–Trinajstić information content (AvgIpc) is 2.58. The molecule has 1 aromatic carbocycles. The van der Waals surface area contributed by atoms with Crippen molar-refractivity contribution >= 4 is 12.0 Å². The van der Waals surface area contributed by atoms with E-state index in [1.165, 1.54) is 11.1 Å². The molecule has 1 aromatic rings. The lowest BCUT2D eigenvalue weighted by Gasteiger charge is -2.37. The van der Waals surface area contributed by atoms with E-state index in [9.17, 15) is 9.59 Å². The Hall–Kier alpha value is -2.04. The number of nitrogens with one attached hydrogen (secondary N) is 2. The summed E-state index contributed by atoms with van der Waals surface area (Å²) in [5.74, 6) is -0.974. The third-order valence-corrected chi connectivity index (χ3v) is 5.84. The predicted molar refractivity (Wildman–Crippen MR) is 96.5 cm³/mol. The Morgan fingerprint density at radius 3 is 2.40 bits per heavy atom. The summed E-state index contributed by atoms with van der Waals surface area (Å²) in [5.41, 5.74) is 2.66. The summed E-state index contributed by atoms with van der Waals surface area (Å²) in [4.78, 5) is 23.4. The second kappa shape index (κ2) is 7.06. The summed E-state index contributed by atoms with van der Waals surface area (Å²) in [5, 5.41) is 15.2. The van der Waals surface area contributed by atoms with Crippen molar-refractivity contribution in [2.45, 2.75) is 69.9 Å². The highest BCUT2D eigenvalue weighted by Gasteiger charge is 2.33. The molecule has 1 atom stereocenters. The van der Waals surface area contributed by atoms with E-state index in [4.69, 9.17) is 5.11 Å². The van der Waals surface area contributed by atoms with Crippen molar-refractivity contribution in [2.24, 2.45) is 5.92 Å². The Labute approximate surface area is 149 Å². The lowest BCUT2D eigenvalue weighted by Crippen LogP contribution is -2.46. The molecule has 25 heavy (non-hydrogen) atoms. The molecular weight excluding hydrogens is 316 g/mol. The van der Waals surface area contributed by atoms with Crippen LogP contribution in [0, 0.1) is 5.92 Å². The molecule has 0 heterocycles. The summed E-state index contributed by atoms with van der Waals surface area (Å²) >= 11 is 0. The minimum absolute atomic E-state index is 0.0413. The van der Waals surface area contributed by atoms with Crippen LogP contribution in [0.15, 0.2) is 24.3 Å². The van der Waals surface area contributed by atoms with Gasteiger partial charge >= 0.3 is 12.0 Å². The van der Waals surface area contributed by atoms with E-state index in [0.717, 1.165) is 25.7 Å². The average molecular weight is 344 g/mol. The zero-order valence-electron chi connectivity index (χ0n) is 15.0. The highest BCUT2D eigenvalue weighted by atomic mass is 16.4. The number of carbonyl (C=O) groups excluding carboxylic acids is 1. The van der Waals surface area contributed by atoms with Gasteiger partial charge in [-0.2, -0.15) is 0 Å². The standard InChI is InChI=1S/C20H28N2O3/c1-20(2)12-11-17(15-5-3-4-6-16(15)20)22-19(25)21-14-9-7-13(8-10-14)18(23)24/h3-6,13-14,17H,7-12H2,1-2H3,(H,23,24)(H2,21,22,25). The number of hydrogen-bond acceptors (Lipinski definition) is 2. The summed E-state index contributed by atoms with van der Waals surface area (Å²) in [6.45, 7) is 4.51. The van der Waals surface area contributed by atoms with Crippen LogP contribution in [-0.2, 0) is 10.2 Å². The van der Waals surface area contributed by atoms with Crippen LogP contribution >= 0.6 is 0 Å². The van der Waals surface area contributed by atoms with Gasteiger partial charge in [0.25, 0.3) is 0 Å². The van der Waals surface area contributed by atoms with Gasteiger partial charge in [0.05, 0.1) is 12.0 Å². The molecule has 2 amide bonds. The molecule has 5 nitrogen and oxygen atoms in total. The Kier molecular flexibility index (Phi) is 5.02. The number of rotatable bonds is 3. The number of carboxylic acid groups (broad SMARTS) is 1. The van der Waals surface area contributed by atoms with Crippen molar-refractivity contribution in [3.63, 3.8) is 0 Å². The third-order valence-electron chi connectivity index (χ3n) is 5.84. The zero-order valence-corrected chi connectivity index (χ0v) is 15.0. The van der Waals surface area contributed by atoms with Gasteiger partial charge in [0, 0.05) is 6.04 Å². The Bertz CT molecular complexity index is 648. The van der Waals surface area contributed by atoms with Gasteiger partial charge in [-0.3, -0.25) is 4.79 Å². The topological polar surface area (TPSA) is 78.4 Å². The molecule has 0 radical (unpaired) electrons. The van der Waals surface area contributed by atoms with Gasteiger partial charge in [-0.05, 0) is 55.1 Å².